The van der Waals surface area contributed by atoms with Gasteiger partial charge in [0.25, 0.3) is 5.56 Å². The van der Waals surface area contributed by atoms with Crippen LogP contribution in [0.2, 0.25) is 0 Å². The lowest BCUT2D eigenvalue weighted by atomic mass is 9.92. The molecule has 0 bridgehead atoms. The second kappa shape index (κ2) is 10.2. The molecule has 206 valence electrons. The first kappa shape index (κ1) is 26.3. The minimum absolute atomic E-state index is 0.00687. The smallest absolute Gasteiger partial charge is 0.416 e. The summed E-state index contributed by atoms with van der Waals surface area (Å²) in [4.78, 5) is 32.1. The van der Waals surface area contributed by atoms with Gasteiger partial charge >= 0.3 is 12.1 Å². The van der Waals surface area contributed by atoms with Crippen molar-refractivity contribution in [2.24, 2.45) is 0 Å². The third-order valence-electron chi connectivity index (χ3n) is 7.41. The summed E-state index contributed by atoms with van der Waals surface area (Å²) in [7, 11) is 0. The van der Waals surface area contributed by atoms with Crippen molar-refractivity contribution in [1.29, 1.82) is 0 Å². The summed E-state index contributed by atoms with van der Waals surface area (Å²) >= 11 is 0. The SMILES string of the molecule is O=C(O)C1CN(Cc2ccccc2)c2c(-c3cccc(C(F)(F)F)c3)c(Cc3cccc4ncccc34)cc(=O)n21. The van der Waals surface area contributed by atoms with Gasteiger partial charge in [-0.3, -0.25) is 14.3 Å². The molecule has 2 aromatic heterocycles. The zero-order chi connectivity index (χ0) is 28.7. The summed E-state index contributed by atoms with van der Waals surface area (Å²) in [5.74, 6) is -0.895. The maximum Gasteiger partial charge on any atom is 0.416 e. The van der Waals surface area contributed by atoms with Gasteiger partial charge in [0.1, 0.15) is 5.82 Å². The number of carboxylic acids is 1. The molecule has 1 aliphatic rings. The van der Waals surface area contributed by atoms with E-state index < -0.39 is 29.3 Å². The van der Waals surface area contributed by atoms with Crippen LogP contribution in [0.25, 0.3) is 22.0 Å². The summed E-state index contributed by atoms with van der Waals surface area (Å²) in [5, 5.41) is 10.9. The largest absolute Gasteiger partial charge is 0.480 e. The third kappa shape index (κ3) is 4.95. The highest BCUT2D eigenvalue weighted by Crippen LogP contribution is 2.42. The van der Waals surface area contributed by atoms with E-state index in [1.54, 1.807) is 23.2 Å². The first-order valence-corrected chi connectivity index (χ1v) is 13.0. The maximum absolute atomic E-state index is 13.8. The Balaban J connectivity index is 1.62. The minimum Gasteiger partial charge on any atom is -0.480 e. The van der Waals surface area contributed by atoms with Crippen molar-refractivity contribution < 1.29 is 23.1 Å². The van der Waals surface area contributed by atoms with Crippen molar-refractivity contribution in [2.75, 3.05) is 11.4 Å². The molecule has 0 amide bonds. The molecule has 3 aromatic carbocycles. The Bertz CT molecular complexity index is 1830. The fourth-order valence-electron chi connectivity index (χ4n) is 5.61. The van der Waals surface area contributed by atoms with Crippen molar-refractivity contribution in [2.45, 2.75) is 25.2 Å². The summed E-state index contributed by atoms with van der Waals surface area (Å²) in [6.45, 7) is 0.269. The van der Waals surface area contributed by atoms with Gasteiger partial charge in [-0.2, -0.15) is 13.2 Å². The van der Waals surface area contributed by atoms with Crippen LogP contribution < -0.4 is 10.5 Å². The number of hydrogen-bond donors (Lipinski definition) is 1. The molecule has 5 aromatic rings. The third-order valence-corrected chi connectivity index (χ3v) is 7.41. The van der Waals surface area contributed by atoms with Gasteiger partial charge < -0.3 is 10.0 Å². The van der Waals surface area contributed by atoms with Crippen LogP contribution in [0.3, 0.4) is 0 Å². The van der Waals surface area contributed by atoms with Gasteiger partial charge in [0, 0.05) is 29.8 Å². The average molecular weight is 556 g/mol. The Labute approximate surface area is 232 Å². The van der Waals surface area contributed by atoms with Crippen LogP contribution >= 0.6 is 0 Å². The molecule has 9 heteroatoms. The predicted octanol–water partition coefficient (Wildman–Crippen LogP) is 6.32. The van der Waals surface area contributed by atoms with Gasteiger partial charge in [0.05, 0.1) is 17.6 Å². The van der Waals surface area contributed by atoms with E-state index in [4.69, 9.17) is 0 Å². The molecule has 0 aliphatic carbocycles. The van der Waals surface area contributed by atoms with Crippen molar-refractivity contribution >= 4 is 22.7 Å². The number of hydrogen-bond acceptors (Lipinski definition) is 4. The van der Waals surface area contributed by atoms with Crippen molar-refractivity contribution in [3.63, 3.8) is 0 Å². The number of carbonyl (C=O) groups is 1. The first-order valence-electron chi connectivity index (χ1n) is 13.0. The molecule has 6 rings (SSSR count). The molecule has 1 N–H and O–H groups in total. The molecule has 0 fully saturated rings. The van der Waals surface area contributed by atoms with E-state index in [-0.39, 0.29) is 25.1 Å². The van der Waals surface area contributed by atoms with Gasteiger partial charge in [-0.05, 0) is 52.9 Å². The van der Waals surface area contributed by atoms with Crippen molar-refractivity contribution in [3.05, 3.63) is 130 Å². The Hall–Kier alpha value is -4.92. The van der Waals surface area contributed by atoms with Gasteiger partial charge in [0.15, 0.2) is 6.04 Å². The number of fused-ring (bicyclic) bond motifs is 2. The van der Waals surface area contributed by atoms with E-state index in [2.05, 4.69) is 4.98 Å². The summed E-state index contributed by atoms with van der Waals surface area (Å²) in [6.07, 6.45) is -2.68. The number of benzene rings is 3. The fraction of sp³-hybridized carbons (Fsp3) is 0.156. The lowest BCUT2D eigenvalue weighted by Crippen LogP contribution is -2.28. The molecule has 0 saturated heterocycles. The van der Waals surface area contributed by atoms with Crippen LogP contribution in [0, 0.1) is 0 Å². The molecule has 41 heavy (non-hydrogen) atoms. The van der Waals surface area contributed by atoms with Gasteiger partial charge in [0.2, 0.25) is 0 Å². The lowest BCUT2D eigenvalue weighted by molar-refractivity contribution is -0.140. The molecular formula is C32H24F3N3O3. The summed E-state index contributed by atoms with van der Waals surface area (Å²) < 4.78 is 42.7. The first-order chi connectivity index (χ1) is 19.7. The molecule has 0 radical (unpaired) electrons. The lowest BCUT2D eigenvalue weighted by Gasteiger charge is -2.24. The van der Waals surface area contributed by atoms with Crippen LogP contribution in [0.1, 0.15) is 28.3 Å². The van der Waals surface area contributed by atoms with Crippen LogP contribution in [0.15, 0.2) is 102 Å². The van der Waals surface area contributed by atoms with Gasteiger partial charge in [-0.25, -0.2) is 4.79 Å². The van der Waals surface area contributed by atoms with E-state index in [1.165, 1.54) is 16.7 Å². The maximum atomic E-state index is 13.8. The Kier molecular flexibility index (Phi) is 6.57. The molecule has 0 spiro atoms. The van der Waals surface area contributed by atoms with E-state index in [9.17, 15) is 27.9 Å². The molecule has 1 aliphatic heterocycles. The second-order valence-corrected chi connectivity index (χ2v) is 10.0. The standard InChI is InChI=1S/C32H24F3N3O3/c33-32(34,35)24-11-4-10-22(16-24)29-23(15-21-9-5-13-26-25(21)12-6-14-36-26)17-28(39)38-27(31(40)41)19-37(30(29)38)18-20-7-2-1-3-8-20/h1-14,16-17,27H,15,18-19H2,(H,40,41). The highest BCUT2D eigenvalue weighted by atomic mass is 19.4. The van der Waals surface area contributed by atoms with Crippen molar-refractivity contribution in [3.8, 4) is 11.1 Å². The molecule has 6 nitrogen and oxygen atoms in total. The zero-order valence-corrected chi connectivity index (χ0v) is 21.7. The topological polar surface area (TPSA) is 75.4 Å². The van der Waals surface area contributed by atoms with E-state index in [1.807, 2.05) is 54.6 Å². The number of carboxylic acid groups (broad SMARTS) is 1. The molecule has 1 unspecified atom stereocenters. The number of aliphatic carboxylic acids is 1. The Morgan fingerprint density at radius 1 is 0.927 bits per heavy atom. The van der Waals surface area contributed by atoms with Crippen LogP contribution in [-0.4, -0.2) is 27.2 Å². The fourth-order valence-corrected chi connectivity index (χ4v) is 5.61. The minimum atomic E-state index is -4.58. The number of alkyl halides is 3. The Morgan fingerprint density at radius 2 is 1.71 bits per heavy atom. The highest BCUT2D eigenvalue weighted by molar-refractivity contribution is 5.86. The van der Waals surface area contributed by atoms with Crippen molar-refractivity contribution in [1.82, 2.24) is 9.55 Å². The molecular weight excluding hydrogens is 531 g/mol. The van der Waals surface area contributed by atoms with Gasteiger partial charge in [-0.1, -0.05) is 60.7 Å². The predicted molar refractivity (Wildman–Crippen MR) is 150 cm³/mol. The summed E-state index contributed by atoms with van der Waals surface area (Å²) in [5.41, 5.74) is 2.27. The van der Waals surface area contributed by atoms with E-state index in [0.29, 0.717) is 16.9 Å². The van der Waals surface area contributed by atoms with Crippen LogP contribution in [0.4, 0.5) is 19.0 Å². The highest BCUT2D eigenvalue weighted by Gasteiger charge is 2.38. The number of halogens is 3. The average Bonchev–Trinajstić information content (AvgIpc) is 3.33. The number of anilines is 1. The number of pyridine rings is 2. The zero-order valence-electron chi connectivity index (χ0n) is 21.7. The summed E-state index contributed by atoms with van der Waals surface area (Å²) in [6, 6.07) is 23.8. The normalized spacial score (nSPS) is 14.8. The quantitative estimate of drug-likeness (QED) is 0.266. The molecule has 0 saturated carbocycles. The number of aromatic nitrogens is 2. The molecule has 3 heterocycles. The van der Waals surface area contributed by atoms with E-state index in [0.717, 1.165) is 34.2 Å². The molecule has 1 atom stereocenters. The van der Waals surface area contributed by atoms with Crippen LogP contribution in [-0.2, 0) is 23.9 Å². The second-order valence-electron chi connectivity index (χ2n) is 10.0. The van der Waals surface area contributed by atoms with Gasteiger partial charge in [-0.15, -0.1) is 0 Å². The number of rotatable bonds is 6. The van der Waals surface area contributed by atoms with Crippen LogP contribution in [0.5, 0.6) is 0 Å². The monoisotopic (exact) mass is 555 g/mol. The Morgan fingerprint density at radius 3 is 2.46 bits per heavy atom. The van der Waals surface area contributed by atoms with E-state index >= 15 is 0 Å². The number of nitrogens with zero attached hydrogens (tertiary/aromatic N) is 3.